The Morgan fingerprint density at radius 1 is 1.00 bits per heavy atom. The topological polar surface area (TPSA) is 120 Å². The zero-order valence-electron chi connectivity index (χ0n) is 19.5. The summed E-state index contributed by atoms with van der Waals surface area (Å²) in [5.74, 6) is 1.79. The van der Waals surface area contributed by atoms with E-state index in [2.05, 4.69) is 41.4 Å². The fraction of sp³-hybridized carbons (Fsp3) is 0.200. The Kier molecular flexibility index (Phi) is 6.18. The minimum Gasteiger partial charge on any atom is -0.439 e. The van der Waals surface area contributed by atoms with Gasteiger partial charge < -0.3 is 15.8 Å². The van der Waals surface area contributed by atoms with Gasteiger partial charge in [-0.05, 0) is 48.9 Å². The number of nitrogens with two attached hydrogens (primary N) is 1. The van der Waals surface area contributed by atoms with E-state index in [1.54, 1.807) is 28.9 Å². The monoisotopic (exact) mass is 457 g/mol. The number of amides is 2. The molecule has 0 aliphatic carbocycles. The predicted molar refractivity (Wildman–Crippen MR) is 133 cm³/mol. The fourth-order valence-electron chi connectivity index (χ4n) is 3.21. The van der Waals surface area contributed by atoms with Crippen LogP contribution in [-0.2, 0) is 5.41 Å². The molecule has 0 radical (unpaired) electrons. The zero-order chi connectivity index (χ0) is 24.3. The highest BCUT2D eigenvalue weighted by molar-refractivity contribution is 5.99. The van der Waals surface area contributed by atoms with Crippen LogP contribution in [0.25, 0.3) is 5.69 Å². The van der Waals surface area contributed by atoms with Gasteiger partial charge in [-0.3, -0.25) is 5.32 Å². The number of nitrogen functional groups attached to an aromatic ring is 1. The van der Waals surface area contributed by atoms with Crippen LogP contribution in [-0.4, -0.2) is 25.8 Å². The minimum atomic E-state index is -0.383. The third kappa shape index (κ3) is 5.50. The van der Waals surface area contributed by atoms with Gasteiger partial charge in [0.25, 0.3) is 0 Å². The molecule has 9 heteroatoms. The van der Waals surface area contributed by atoms with Gasteiger partial charge in [-0.15, -0.1) is 0 Å². The molecule has 0 aliphatic rings. The first-order valence-electron chi connectivity index (χ1n) is 10.8. The quantitative estimate of drug-likeness (QED) is 0.375. The summed E-state index contributed by atoms with van der Waals surface area (Å²) in [4.78, 5) is 20.6. The van der Waals surface area contributed by atoms with Gasteiger partial charge in [0.15, 0.2) is 0 Å². The molecule has 2 aromatic carbocycles. The molecule has 0 unspecified atom stereocenters. The van der Waals surface area contributed by atoms with Crippen LogP contribution in [0.4, 0.5) is 22.1 Å². The van der Waals surface area contributed by atoms with Gasteiger partial charge in [-0.25, -0.2) is 19.4 Å². The van der Waals surface area contributed by atoms with Gasteiger partial charge >= 0.3 is 6.03 Å². The predicted octanol–water partition coefficient (Wildman–Crippen LogP) is 5.29. The van der Waals surface area contributed by atoms with E-state index in [9.17, 15) is 4.79 Å². The van der Waals surface area contributed by atoms with Gasteiger partial charge in [-0.1, -0.05) is 32.9 Å². The van der Waals surface area contributed by atoms with Crippen molar-refractivity contribution in [2.75, 3.05) is 16.4 Å². The second kappa shape index (κ2) is 9.22. The van der Waals surface area contributed by atoms with E-state index in [1.807, 2.05) is 37.3 Å². The largest absolute Gasteiger partial charge is 0.439 e. The summed E-state index contributed by atoms with van der Waals surface area (Å²) in [6.45, 7) is 8.27. The summed E-state index contributed by atoms with van der Waals surface area (Å²) < 4.78 is 7.40. The van der Waals surface area contributed by atoms with E-state index in [0.717, 1.165) is 16.9 Å². The SMILES string of the molecule is Cc1cccc(-n2nc(C(C)(C)C)cc2NC(=O)Nc2ccc(Oc3cc(N)ncn3)cc2)c1. The Labute approximate surface area is 198 Å². The van der Waals surface area contributed by atoms with E-state index in [-0.39, 0.29) is 11.4 Å². The average Bonchev–Trinajstić information content (AvgIpc) is 3.19. The maximum atomic E-state index is 12.8. The molecule has 0 saturated carbocycles. The molecule has 174 valence electrons. The number of rotatable bonds is 5. The highest BCUT2D eigenvalue weighted by Crippen LogP contribution is 2.27. The van der Waals surface area contributed by atoms with E-state index >= 15 is 0 Å². The van der Waals surface area contributed by atoms with Gasteiger partial charge in [0.1, 0.15) is 23.7 Å². The van der Waals surface area contributed by atoms with Crippen molar-refractivity contribution < 1.29 is 9.53 Å². The fourth-order valence-corrected chi connectivity index (χ4v) is 3.21. The Bertz CT molecular complexity index is 1310. The van der Waals surface area contributed by atoms with Gasteiger partial charge in [0.05, 0.1) is 11.4 Å². The molecule has 0 bridgehead atoms. The number of aryl methyl sites for hydroxylation is 1. The van der Waals surface area contributed by atoms with Crippen LogP contribution in [0.1, 0.15) is 32.0 Å². The van der Waals surface area contributed by atoms with Crippen molar-refractivity contribution in [2.45, 2.75) is 33.1 Å². The number of ether oxygens (including phenoxy) is 1. The number of hydrogen-bond acceptors (Lipinski definition) is 6. The van der Waals surface area contributed by atoms with Gasteiger partial charge in [-0.2, -0.15) is 5.10 Å². The van der Waals surface area contributed by atoms with Crippen molar-refractivity contribution in [3.63, 3.8) is 0 Å². The Morgan fingerprint density at radius 2 is 1.76 bits per heavy atom. The zero-order valence-corrected chi connectivity index (χ0v) is 19.5. The second-order valence-electron chi connectivity index (χ2n) is 8.90. The first kappa shape index (κ1) is 22.8. The molecule has 0 atom stereocenters. The lowest BCUT2D eigenvalue weighted by Crippen LogP contribution is -2.21. The average molecular weight is 458 g/mol. The molecule has 34 heavy (non-hydrogen) atoms. The molecule has 0 saturated heterocycles. The van der Waals surface area contributed by atoms with Crippen LogP contribution in [0.5, 0.6) is 11.6 Å². The number of anilines is 3. The van der Waals surface area contributed by atoms with Crippen molar-refractivity contribution in [2.24, 2.45) is 0 Å². The lowest BCUT2D eigenvalue weighted by molar-refractivity contribution is 0.262. The Hall–Kier alpha value is -4.40. The minimum absolute atomic E-state index is 0.174. The van der Waals surface area contributed by atoms with Crippen LogP contribution in [0.2, 0.25) is 0 Å². The van der Waals surface area contributed by atoms with Crippen molar-refractivity contribution in [1.29, 1.82) is 0 Å². The van der Waals surface area contributed by atoms with Gasteiger partial charge in [0, 0.05) is 23.2 Å². The van der Waals surface area contributed by atoms with E-state index < -0.39 is 0 Å². The van der Waals surface area contributed by atoms with Crippen LogP contribution in [0.3, 0.4) is 0 Å². The Balaban J connectivity index is 1.49. The van der Waals surface area contributed by atoms with E-state index in [1.165, 1.54) is 12.4 Å². The summed E-state index contributed by atoms with van der Waals surface area (Å²) >= 11 is 0. The number of hydrogen-bond donors (Lipinski definition) is 3. The number of carbonyl (C=O) groups is 1. The molecule has 2 aromatic heterocycles. The molecule has 0 fully saturated rings. The molecule has 4 N–H and O–H groups in total. The van der Waals surface area contributed by atoms with Crippen LogP contribution < -0.4 is 21.1 Å². The Morgan fingerprint density at radius 3 is 2.44 bits per heavy atom. The third-order valence-corrected chi connectivity index (χ3v) is 4.96. The summed E-state index contributed by atoms with van der Waals surface area (Å²) in [7, 11) is 0. The summed E-state index contributed by atoms with van der Waals surface area (Å²) in [6, 6.07) is 17.9. The first-order valence-corrected chi connectivity index (χ1v) is 10.8. The maximum Gasteiger partial charge on any atom is 0.324 e. The summed E-state index contributed by atoms with van der Waals surface area (Å²) in [6.07, 6.45) is 1.33. The standard InChI is InChI=1S/C25H27N7O2/c1-16-6-5-7-18(12-16)32-22(13-20(31-32)25(2,3)4)30-24(33)29-17-8-10-19(11-9-17)34-23-14-21(26)27-15-28-23/h5-15H,1-4H3,(H2,26,27,28)(H2,29,30,33). The van der Waals surface area contributed by atoms with Crippen LogP contribution in [0, 0.1) is 6.92 Å². The highest BCUT2D eigenvalue weighted by atomic mass is 16.5. The molecule has 0 spiro atoms. The smallest absolute Gasteiger partial charge is 0.324 e. The molecular formula is C25H27N7O2. The maximum absolute atomic E-state index is 12.8. The van der Waals surface area contributed by atoms with Crippen molar-refractivity contribution in [1.82, 2.24) is 19.7 Å². The number of aromatic nitrogens is 4. The van der Waals surface area contributed by atoms with Gasteiger partial charge in [0.2, 0.25) is 5.88 Å². The second-order valence-corrected chi connectivity index (χ2v) is 8.90. The highest BCUT2D eigenvalue weighted by Gasteiger charge is 2.21. The van der Waals surface area contributed by atoms with Crippen LogP contribution >= 0.6 is 0 Å². The molecular weight excluding hydrogens is 430 g/mol. The van der Waals surface area contributed by atoms with Crippen molar-refractivity contribution in [3.8, 4) is 17.3 Å². The van der Waals surface area contributed by atoms with Crippen molar-refractivity contribution in [3.05, 3.63) is 78.2 Å². The molecule has 2 heterocycles. The molecule has 9 nitrogen and oxygen atoms in total. The molecule has 2 amide bonds. The van der Waals surface area contributed by atoms with Crippen LogP contribution in [0.15, 0.2) is 67.0 Å². The number of benzene rings is 2. The number of carbonyl (C=O) groups excluding carboxylic acids is 1. The summed E-state index contributed by atoms with van der Waals surface area (Å²) in [5, 5.41) is 10.5. The summed E-state index contributed by atoms with van der Waals surface area (Å²) in [5.41, 5.74) is 8.92. The first-order chi connectivity index (χ1) is 16.2. The van der Waals surface area contributed by atoms with E-state index in [4.69, 9.17) is 15.6 Å². The number of nitrogens with one attached hydrogen (secondary N) is 2. The van der Waals surface area contributed by atoms with E-state index in [0.29, 0.717) is 29.0 Å². The molecule has 4 rings (SSSR count). The molecule has 0 aliphatic heterocycles. The lowest BCUT2D eigenvalue weighted by Gasteiger charge is -2.14. The lowest BCUT2D eigenvalue weighted by atomic mass is 9.92. The number of urea groups is 1. The normalized spacial score (nSPS) is 11.2. The third-order valence-electron chi connectivity index (χ3n) is 4.96. The van der Waals surface area contributed by atoms with Crippen molar-refractivity contribution >= 4 is 23.4 Å². The molecule has 4 aromatic rings. The number of nitrogens with zero attached hydrogens (tertiary/aromatic N) is 4.